The summed E-state index contributed by atoms with van der Waals surface area (Å²) < 4.78 is 4.33. The number of thiophene rings is 1. The Morgan fingerprint density at radius 1 is 1.20 bits per heavy atom. The Balaban J connectivity index is 1.57. The molecule has 1 amide bonds. The molecule has 156 valence electrons. The van der Waals surface area contributed by atoms with E-state index < -0.39 is 0 Å². The van der Waals surface area contributed by atoms with Crippen LogP contribution in [0.3, 0.4) is 0 Å². The van der Waals surface area contributed by atoms with Crippen LogP contribution in [0.1, 0.15) is 50.5 Å². The number of unbranched alkanes of at least 4 members (excludes halogenated alkanes) is 1. The molecule has 1 N–H and O–H groups in total. The fourth-order valence-electron chi connectivity index (χ4n) is 3.62. The molecule has 0 spiro atoms. The van der Waals surface area contributed by atoms with E-state index in [0.29, 0.717) is 35.7 Å². The SMILES string of the molecule is CCCCn1c(=O)c2sccc2n2c(CCC(=O)N[C@H](C)c3ccccc3)nnc12. The second-order valence-electron chi connectivity index (χ2n) is 7.40. The molecule has 4 rings (SSSR count). The molecule has 0 unspecified atom stereocenters. The Bertz CT molecular complexity index is 1230. The lowest BCUT2D eigenvalue weighted by atomic mass is 10.1. The first-order chi connectivity index (χ1) is 14.6. The average Bonchev–Trinajstić information content (AvgIpc) is 3.40. The largest absolute Gasteiger partial charge is 0.350 e. The lowest BCUT2D eigenvalue weighted by molar-refractivity contribution is -0.121. The minimum atomic E-state index is -0.0587. The Kier molecular flexibility index (Phi) is 5.94. The molecule has 3 aromatic heterocycles. The van der Waals surface area contributed by atoms with Crippen LogP contribution < -0.4 is 10.9 Å². The number of fused-ring (bicyclic) bond motifs is 3. The quantitative estimate of drug-likeness (QED) is 0.468. The number of aromatic nitrogens is 4. The van der Waals surface area contributed by atoms with Gasteiger partial charge in [0.1, 0.15) is 10.5 Å². The second kappa shape index (κ2) is 8.79. The lowest BCUT2D eigenvalue weighted by Crippen LogP contribution is -2.27. The molecule has 0 radical (unpaired) electrons. The van der Waals surface area contributed by atoms with Crippen molar-refractivity contribution in [1.29, 1.82) is 0 Å². The summed E-state index contributed by atoms with van der Waals surface area (Å²) in [5.41, 5.74) is 1.86. The molecule has 0 bridgehead atoms. The van der Waals surface area contributed by atoms with Gasteiger partial charge in [-0.25, -0.2) is 0 Å². The number of carbonyl (C=O) groups is 1. The van der Waals surface area contributed by atoms with Crippen LogP contribution in [0.15, 0.2) is 46.6 Å². The van der Waals surface area contributed by atoms with E-state index >= 15 is 0 Å². The highest BCUT2D eigenvalue weighted by atomic mass is 32.1. The van der Waals surface area contributed by atoms with E-state index in [2.05, 4.69) is 22.4 Å². The highest BCUT2D eigenvalue weighted by molar-refractivity contribution is 7.17. The number of carbonyl (C=O) groups excluding carboxylic acids is 1. The predicted molar refractivity (Wildman–Crippen MR) is 119 cm³/mol. The summed E-state index contributed by atoms with van der Waals surface area (Å²) in [5.74, 6) is 1.21. The van der Waals surface area contributed by atoms with Gasteiger partial charge in [-0.3, -0.25) is 18.6 Å². The second-order valence-corrected chi connectivity index (χ2v) is 8.31. The molecule has 7 nitrogen and oxygen atoms in total. The van der Waals surface area contributed by atoms with Crippen molar-refractivity contribution in [2.75, 3.05) is 0 Å². The van der Waals surface area contributed by atoms with E-state index in [-0.39, 0.29) is 17.5 Å². The van der Waals surface area contributed by atoms with E-state index in [1.54, 1.807) is 4.57 Å². The van der Waals surface area contributed by atoms with Gasteiger partial charge >= 0.3 is 0 Å². The molecule has 0 aliphatic carbocycles. The van der Waals surface area contributed by atoms with Crippen LogP contribution in [0, 0.1) is 0 Å². The third-order valence-corrected chi connectivity index (χ3v) is 6.16. The van der Waals surface area contributed by atoms with Crippen LogP contribution >= 0.6 is 11.3 Å². The van der Waals surface area contributed by atoms with Gasteiger partial charge in [0.2, 0.25) is 11.7 Å². The zero-order chi connectivity index (χ0) is 21.1. The van der Waals surface area contributed by atoms with Crippen LogP contribution in [-0.4, -0.2) is 25.1 Å². The molecule has 4 aromatic rings. The number of hydrogen-bond acceptors (Lipinski definition) is 5. The lowest BCUT2D eigenvalue weighted by Gasteiger charge is -2.14. The van der Waals surface area contributed by atoms with Gasteiger partial charge < -0.3 is 5.32 Å². The van der Waals surface area contributed by atoms with Crippen molar-refractivity contribution in [3.8, 4) is 0 Å². The minimum Gasteiger partial charge on any atom is -0.350 e. The predicted octanol–water partition coefficient (Wildman–Crippen LogP) is 3.72. The molecular weight excluding hydrogens is 398 g/mol. The van der Waals surface area contributed by atoms with Crippen LogP contribution in [0.2, 0.25) is 0 Å². The number of nitrogens with zero attached hydrogens (tertiary/aromatic N) is 4. The van der Waals surface area contributed by atoms with Gasteiger partial charge in [-0.2, -0.15) is 0 Å². The third kappa shape index (κ3) is 3.87. The molecular formula is C22H25N5O2S. The number of amides is 1. The summed E-state index contributed by atoms with van der Waals surface area (Å²) in [5, 5.41) is 13.6. The van der Waals surface area contributed by atoms with Crippen molar-refractivity contribution in [1.82, 2.24) is 24.5 Å². The molecule has 0 aliphatic rings. The van der Waals surface area contributed by atoms with Crippen molar-refractivity contribution in [2.45, 2.75) is 52.1 Å². The van der Waals surface area contributed by atoms with Gasteiger partial charge in [-0.05, 0) is 30.4 Å². The van der Waals surface area contributed by atoms with Gasteiger partial charge in [0, 0.05) is 19.4 Å². The first kappa shape index (κ1) is 20.3. The van der Waals surface area contributed by atoms with Gasteiger partial charge in [0.25, 0.3) is 5.56 Å². The maximum Gasteiger partial charge on any atom is 0.272 e. The van der Waals surface area contributed by atoms with E-state index in [1.807, 2.05) is 53.1 Å². The average molecular weight is 424 g/mol. The van der Waals surface area contributed by atoms with Crippen LogP contribution in [0.4, 0.5) is 0 Å². The molecule has 0 saturated carbocycles. The third-order valence-electron chi connectivity index (χ3n) is 5.27. The standard InChI is InChI=1S/C22H25N5O2S/c1-3-4-13-26-21(29)20-17(12-14-30-20)27-18(24-25-22(26)27)10-11-19(28)23-15(2)16-8-6-5-7-9-16/h5-9,12,14-15H,3-4,10-11,13H2,1-2H3,(H,23,28)/t15-/m1/s1. The highest BCUT2D eigenvalue weighted by Crippen LogP contribution is 2.20. The van der Waals surface area contributed by atoms with Crippen molar-refractivity contribution in [2.24, 2.45) is 0 Å². The van der Waals surface area contributed by atoms with E-state index in [4.69, 9.17) is 0 Å². The highest BCUT2D eigenvalue weighted by Gasteiger charge is 2.18. The van der Waals surface area contributed by atoms with Crippen LogP contribution in [0.5, 0.6) is 0 Å². The monoisotopic (exact) mass is 423 g/mol. The maximum atomic E-state index is 12.9. The minimum absolute atomic E-state index is 0.0191. The van der Waals surface area contributed by atoms with E-state index in [9.17, 15) is 9.59 Å². The number of hydrogen-bond donors (Lipinski definition) is 1. The number of nitrogens with one attached hydrogen (secondary N) is 1. The molecule has 1 atom stereocenters. The normalized spacial score (nSPS) is 12.5. The Labute approximate surface area is 178 Å². The molecule has 3 heterocycles. The number of benzene rings is 1. The molecule has 0 saturated heterocycles. The summed E-state index contributed by atoms with van der Waals surface area (Å²) in [6, 6.07) is 11.7. The topological polar surface area (TPSA) is 81.3 Å². The smallest absolute Gasteiger partial charge is 0.272 e. The molecule has 30 heavy (non-hydrogen) atoms. The Hall–Kier alpha value is -3.00. The zero-order valence-corrected chi connectivity index (χ0v) is 18.0. The fourth-order valence-corrected chi connectivity index (χ4v) is 4.45. The molecule has 0 aliphatic heterocycles. The van der Waals surface area contributed by atoms with Gasteiger partial charge in [0.05, 0.1) is 11.6 Å². The van der Waals surface area contributed by atoms with Crippen LogP contribution in [0.25, 0.3) is 16.0 Å². The summed E-state index contributed by atoms with van der Waals surface area (Å²) >= 11 is 1.43. The summed E-state index contributed by atoms with van der Waals surface area (Å²) in [6.45, 7) is 4.68. The van der Waals surface area contributed by atoms with Gasteiger partial charge in [-0.15, -0.1) is 21.5 Å². The van der Waals surface area contributed by atoms with Gasteiger partial charge in [-0.1, -0.05) is 43.7 Å². The molecule has 1 aromatic carbocycles. The van der Waals surface area contributed by atoms with Gasteiger partial charge in [0.15, 0.2) is 0 Å². The Morgan fingerprint density at radius 3 is 2.77 bits per heavy atom. The number of rotatable bonds is 8. The summed E-state index contributed by atoms with van der Waals surface area (Å²) in [6.07, 6.45) is 2.64. The first-order valence-corrected chi connectivity index (χ1v) is 11.2. The first-order valence-electron chi connectivity index (χ1n) is 10.3. The number of aryl methyl sites for hydroxylation is 2. The van der Waals surface area contributed by atoms with E-state index in [1.165, 1.54) is 11.3 Å². The van der Waals surface area contributed by atoms with Crippen molar-refractivity contribution < 1.29 is 4.79 Å². The zero-order valence-electron chi connectivity index (χ0n) is 17.2. The molecule has 8 heteroatoms. The Morgan fingerprint density at radius 2 is 2.00 bits per heavy atom. The van der Waals surface area contributed by atoms with Crippen molar-refractivity contribution >= 4 is 33.2 Å². The van der Waals surface area contributed by atoms with Crippen molar-refractivity contribution in [3.63, 3.8) is 0 Å². The maximum absolute atomic E-state index is 12.9. The van der Waals surface area contributed by atoms with Crippen LogP contribution in [-0.2, 0) is 17.8 Å². The summed E-state index contributed by atoms with van der Waals surface area (Å²) in [4.78, 5) is 25.4. The summed E-state index contributed by atoms with van der Waals surface area (Å²) in [7, 11) is 0. The fraction of sp³-hybridized carbons (Fsp3) is 0.364. The van der Waals surface area contributed by atoms with E-state index in [0.717, 1.165) is 23.9 Å². The van der Waals surface area contributed by atoms with Crippen molar-refractivity contribution in [3.05, 3.63) is 63.5 Å². The molecule has 0 fully saturated rings.